The molecule has 0 atom stereocenters. The molecule has 4 rings (SSSR count). The second-order valence-corrected chi connectivity index (χ2v) is 7.38. The Morgan fingerprint density at radius 3 is 2.77 bits per heavy atom. The Morgan fingerprint density at radius 2 is 2.12 bits per heavy atom. The van der Waals surface area contributed by atoms with Crippen LogP contribution in [0.2, 0.25) is 5.02 Å². The first-order chi connectivity index (χ1) is 12.5. The number of benzene rings is 2. The van der Waals surface area contributed by atoms with Crippen LogP contribution in [-0.4, -0.2) is 16.1 Å². The van der Waals surface area contributed by atoms with Gasteiger partial charge in [0.25, 0.3) is 0 Å². The number of nitrogens with one attached hydrogen (secondary N) is 1. The van der Waals surface area contributed by atoms with Crippen LogP contribution in [0.5, 0.6) is 11.5 Å². The SMILES string of the molecule is Cc1cc(CC(=O)O)cc(Cl)c1Oc1ccc2[nH]cc(C3CCC3)c2c1. The molecule has 1 fully saturated rings. The lowest BCUT2D eigenvalue weighted by Gasteiger charge is -2.25. The molecule has 1 heterocycles. The fourth-order valence-electron chi connectivity index (χ4n) is 3.57. The van der Waals surface area contributed by atoms with Crippen LogP contribution in [-0.2, 0) is 11.2 Å². The zero-order valence-electron chi connectivity index (χ0n) is 14.5. The summed E-state index contributed by atoms with van der Waals surface area (Å²) in [5.41, 5.74) is 3.96. The van der Waals surface area contributed by atoms with Crippen molar-refractivity contribution >= 4 is 28.5 Å². The van der Waals surface area contributed by atoms with E-state index < -0.39 is 5.97 Å². The number of halogens is 1. The molecule has 2 aromatic carbocycles. The van der Waals surface area contributed by atoms with Gasteiger partial charge in [-0.05, 0) is 66.6 Å². The topological polar surface area (TPSA) is 62.3 Å². The number of aromatic amines is 1. The van der Waals surface area contributed by atoms with Gasteiger partial charge in [0.15, 0.2) is 0 Å². The van der Waals surface area contributed by atoms with Gasteiger partial charge in [0.1, 0.15) is 11.5 Å². The molecule has 1 aromatic heterocycles. The number of carboxylic acids is 1. The molecule has 1 aliphatic rings. The van der Waals surface area contributed by atoms with Gasteiger partial charge in [-0.3, -0.25) is 4.79 Å². The highest BCUT2D eigenvalue weighted by Gasteiger charge is 2.22. The predicted octanol–water partition coefficient (Wildman–Crippen LogP) is 5.82. The molecule has 1 aliphatic carbocycles. The average Bonchev–Trinajstić information content (AvgIpc) is 2.92. The van der Waals surface area contributed by atoms with E-state index in [4.69, 9.17) is 21.4 Å². The molecule has 26 heavy (non-hydrogen) atoms. The molecule has 0 unspecified atom stereocenters. The van der Waals surface area contributed by atoms with Gasteiger partial charge in [-0.2, -0.15) is 0 Å². The molecular weight excluding hydrogens is 350 g/mol. The van der Waals surface area contributed by atoms with Gasteiger partial charge < -0.3 is 14.8 Å². The molecule has 2 N–H and O–H groups in total. The van der Waals surface area contributed by atoms with Crippen LogP contribution in [0.15, 0.2) is 36.5 Å². The van der Waals surface area contributed by atoms with Crippen molar-refractivity contribution in [3.63, 3.8) is 0 Å². The number of fused-ring (bicyclic) bond motifs is 1. The van der Waals surface area contributed by atoms with E-state index >= 15 is 0 Å². The summed E-state index contributed by atoms with van der Waals surface area (Å²) < 4.78 is 6.07. The van der Waals surface area contributed by atoms with E-state index in [0.29, 0.717) is 22.3 Å². The molecule has 0 spiro atoms. The average molecular weight is 370 g/mol. The van der Waals surface area contributed by atoms with Crippen molar-refractivity contribution < 1.29 is 14.6 Å². The second-order valence-electron chi connectivity index (χ2n) is 6.98. The van der Waals surface area contributed by atoms with Crippen molar-refractivity contribution in [1.29, 1.82) is 0 Å². The minimum Gasteiger partial charge on any atom is -0.481 e. The third-order valence-corrected chi connectivity index (χ3v) is 5.38. The van der Waals surface area contributed by atoms with Crippen molar-refractivity contribution in [2.45, 2.75) is 38.5 Å². The Balaban J connectivity index is 1.65. The Hall–Kier alpha value is -2.46. The Labute approximate surface area is 156 Å². The summed E-state index contributed by atoms with van der Waals surface area (Å²) in [4.78, 5) is 14.2. The third-order valence-electron chi connectivity index (χ3n) is 5.09. The molecule has 0 aliphatic heterocycles. The van der Waals surface area contributed by atoms with Crippen LogP contribution in [0.4, 0.5) is 0 Å². The third kappa shape index (κ3) is 3.17. The summed E-state index contributed by atoms with van der Waals surface area (Å²) in [5.74, 6) is 1.06. The highest BCUT2D eigenvalue weighted by Crippen LogP contribution is 2.41. The number of carbonyl (C=O) groups is 1. The molecule has 134 valence electrons. The number of H-pyrrole nitrogens is 1. The van der Waals surface area contributed by atoms with E-state index in [-0.39, 0.29) is 6.42 Å². The van der Waals surface area contributed by atoms with Gasteiger partial charge in [0.05, 0.1) is 11.4 Å². The lowest BCUT2D eigenvalue weighted by molar-refractivity contribution is -0.136. The fraction of sp³-hybridized carbons (Fsp3) is 0.286. The molecule has 1 saturated carbocycles. The highest BCUT2D eigenvalue weighted by atomic mass is 35.5. The van der Waals surface area contributed by atoms with Crippen LogP contribution in [0, 0.1) is 6.92 Å². The Kier molecular flexibility index (Phi) is 4.37. The number of hydrogen-bond acceptors (Lipinski definition) is 2. The Morgan fingerprint density at radius 1 is 1.31 bits per heavy atom. The predicted molar refractivity (Wildman–Crippen MR) is 102 cm³/mol. The summed E-state index contributed by atoms with van der Waals surface area (Å²) in [6, 6.07) is 9.47. The molecule has 0 amide bonds. The zero-order chi connectivity index (χ0) is 18.3. The number of aromatic nitrogens is 1. The molecular formula is C21H20ClNO3. The number of ether oxygens (including phenoxy) is 1. The largest absolute Gasteiger partial charge is 0.481 e. The summed E-state index contributed by atoms with van der Waals surface area (Å²) >= 11 is 6.35. The van der Waals surface area contributed by atoms with Crippen LogP contribution < -0.4 is 4.74 Å². The van der Waals surface area contributed by atoms with Crippen LogP contribution in [0.3, 0.4) is 0 Å². The number of carboxylic acid groups (broad SMARTS) is 1. The monoisotopic (exact) mass is 369 g/mol. The van der Waals surface area contributed by atoms with E-state index in [1.54, 1.807) is 6.07 Å². The summed E-state index contributed by atoms with van der Waals surface area (Å²) in [7, 11) is 0. The molecule has 0 radical (unpaired) electrons. The van der Waals surface area contributed by atoms with Gasteiger partial charge in [0, 0.05) is 17.1 Å². The van der Waals surface area contributed by atoms with Gasteiger partial charge >= 0.3 is 5.97 Å². The van der Waals surface area contributed by atoms with Gasteiger partial charge in [-0.15, -0.1) is 0 Å². The van der Waals surface area contributed by atoms with Crippen molar-refractivity contribution in [2.75, 3.05) is 0 Å². The first-order valence-corrected chi connectivity index (χ1v) is 9.19. The lowest BCUT2D eigenvalue weighted by atomic mass is 9.80. The summed E-state index contributed by atoms with van der Waals surface area (Å²) in [6.45, 7) is 1.88. The maximum Gasteiger partial charge on any atom is 0.307 e. The van der Waals surface area contributed by atoms with Crippen LogP contribution >= 0.6 is 11.6 Å². The zero-order valence-corrected chi connectivity index (χ0v) is 15.3. The van der Waals surface area contributed by atoms with Gasteiger partial charge in [-0.25, -0.2) is 0 Å². The lowest BCUT2D eigenvalue weighted by Crippen LogP contribution is -2.07. The van der Waals surface area contributed by atoms with Crippen molar-refractivity contribution in [1.82, 2.24) is 4.98 Å². The summed E-state index contributed by atoms with van der Waals surface area (Å²) in [5, 5.41) is 10.6. The normalized spacial score (nSPS) is 14.4. The van der Waals surface area contributed by atoms with E-state index in [0.717, 1.165) is 16.8 Å². The van der Waals surface area contributed by atoms with Crippen molar-refractivity contribution in [2.24, 2.45) is 0 Å². The molecule has 4 nitrogen and oxygen atoms in total. The number of rotatable bonds is 5. The van der Waals surface area contributed by atoms with E-state index in [1.165, 1.54) is 30.2 Å². The first kappa shape index (κ1) is 17.0. The number of aliphatic carboxylic acids is 1. The van der Waals surface area contributed by atoms with Gasteiger partial charge in [0.2, 0.25) is 0 Å². The quantitative estimate of drug-likeness (QED) is 0.595. The molecule has 0 saturated heterocycles. The first-order valence-electron chi connectivity index (χ1n) is 8.81. The molecule has 3 aromatic rings. The standard InChI is InChI=1S/C21H20ClNO3/c1-12-7-13(9-20(24)25)8-18(22)21(12)26-15-5-6-19-16(10-15)17(11-23-19)14-3-2-4-14/h5-8,10-11,14,23H,2-4,9H2,1H3,(H,24,25). The van der Waals surface area contributed by atoms with Crippen LogP contribution in [0.1, 0.15) is 41.9 Å². The second kappa shape index (κ2) is 6.69. The van der Waals surface area contributed by atoms with E-state index in [9.17, 15) is 4.79 Å². The maximum atomic E-state index is 10.9. The molecule has 0 bridgehead atoms. The fourth-order valence-corrected chi connectivity index (χ4v) is 3.90. The van der Waals surface area contributed by atoms with E-state index in [2.05, 4.69) is 17.2 Å². The van der Waals surface area contributed by atoms with Crippen molar-refractivity contribution in [3.8, 4) is 11.5 Å². The van der Waals surface area contributed by atoms with E-state index in [1.807, 2.05) is 25.1 Å². The van der Waals surface area contributed by atoms with Crippen molar-refractivity contribution in [3.05, 3.63) is 58.2 Å². The minimum absolute atomic E-state index is 0.0547. The van der Waals surface area contributed by atoms with Crippen LogP contribution in [0.25, 0.3) is 10.9 Å². The maximum absolute atomic E-state index is 10.9. The number of aryl methyl sites for hydroxylation is 1. The summed E-state index contributed by atoms with van der Waals surface area (Å²) in [6.07, 6.45) is 5.84. The minimum atomic E-state index is -0.879. The molecule has 5 heteroatoms. The number of hydrogen-bond donors (Lipinski definition) is 2. The smallest absolute Gasteiger partial charge is 0.307 e. The Bertz CT molecular complexity index is 965. The van der Waals surface area contributed by atoms with Gasteiger partial charge in [-0.1, -0.05) is 24.1 Å². The highest BCUT2D eigenvalue weighted by molar-refractivity contribution is 6.32.